The van der Waals surface area contributed by atoms with Gasteiger partial charge in [0.1, 0.15) is 10.1 Å². The number of phenols is 1. The Hall–Kier alpha value is -1.86. The molecule has 1 aliphatic rings. The number of carbonyl (C=O) groups is 2. The topological polar surface area (TPSA) is 80.7 Å². The van der Waals surface area contributed by atoms with Gasteiger partial charge in [0, 0.05) is 0 Å². The number of hydrogen-bond acceptors (Lipinski definition) is 6. The number of phenolic OH excluding ortho intramolecular Hbond substituents is 1. The van der Waals surface area contributed by atoms with E-state index < -0.39 is 17.9 Å². The summed E-state index contributed by atoms with van der Waals surface area (Å²) in [5.41, 5.74) is 0.724. The molecule has 1 heterocycles. The van der Waals surface area contributed by atoms with Gasteiger partial charge in [-0.1, -0.05) is 55.9 Å². The summed E-state index contributed by atoms with van der Waals surface area (Å²) in [5, 5.41) is 20.6. The molecule has 0 spiro atoms. The molecular weight excluding hydrogens is 334 g/mol. The molecule has 7 heteroatoms. The number of aromatic hydroxyl groups is 1. The summed E-state index contributed by atoms with van der Waals surface area (Å²) in [5.74, 6) is -1.58. The van der Waals surface area contributed by atoms with E-state index in [4.69, 9.17) is 12.2 Å². The van der Waals surface area contributed by atoms with Gasteiger partial charge in [0.2, 0.25) is 0 Å². The van der Waals surface area contributed by atoms with Crippen LogP contribution in [0.2, 0.25) is 0 Å². The fourth-order valence-corrected chi connectivity index (χ4v) is 3.58. The van der Waals surface area contributed by atoms with Crippen LogP contribution >= 0.6 is 24.0 Å². The van der Waals surface area contributed by atoms with E-state index in [1.54, 1.807) is 18.2 Å². The molecule has 0 radical (unpaired) electrons. The Bertz CT molecular complexity index is 655. The molecule has 1 aromatic carbocycles. The molecule has 23 heavy (non-hydrogen) atoms. The van der Waals surface area contributed by atoms with Crippen molar-refractivity contribution in [3.63, 3.8) is 0 Å². The molecule has 1 atom stereocenters. The predicted molar refractivity (Wildman–Crippen MR) is 91.4 cm³/mol. The van der Waals surface area contributed by atoms with Crippen LogP contribution in [-0.4, -0.2) is 32.2 Å². The molecule has 0 saturated carbocycles. The predicted octanol–water partition coefficient (Wildman–Crippen LogP) is 1.90. The average Bonchev–Trinajstić information content (AvgIpc) is 2.77. The van der Waals surface area contributed by atoms with Crippen LogP contribution in [0.3, 0.4) is 0 Å². The molecule has 1 saturated heterocycles. The van der Waals surface area contributed by atoms with Crippen molar-refractivity contribution in [2.24, 2.45) is 0 Å². The quantitative estimate of drug-likeness (QED) is 0.623. The first-order valence-corrected chi connectivity index (χ1v) is 8.43. The minimum atomic E-state index is -1.29. The molecule has 5 nitrogen and oxygen atoms in total. The Morgan fingerprint density at radius 1 is 1.43 bits per heavy atom. The molecule has 1 N–H and O–H groups in total. The number of aliphatic carboxylic acids is 1. The van der Waals surface area contributed by atoms with E-state index in [1.165, 1.54) is 12.1 Å². The van der Waals surface area contributed by atoms with Crippen LogP contribution in [0, 0.1) is 0 Å². The zero-order valence-corrected chi connectivity index (χ0v) is 14.2. The third kappa shape index (κ3) is 4.11. The van der Waals surface area contributed by atoms with Gasteiger partial charge in [-0.2, -0.15) is 0 Å². The van der Waals surface area contributed by atoms with Gasteiger partial charge in [-0.15, -0.1) is 0 Å². The minimum absolute atomic E-state index is 0.131. The van der Waals surface area contributed by atoms with Crippen LogP contribution in [-0.2, 0) is 9.59 Å². The van der Waals surface area contributed by atoms with Gasteiger partial charge in [-0.3, -0.25) is 9.69 Å². The van der Waals surface area contributed by atoms with Gasteiger partial charge >= 0.3 is 0 Å². The highest BCUT2D eigenvalue weighted by Gasteiger charge is 2.37. The summed E-state index contributed by atoms with van der Waals surface area (Å²) in [6, 6.07) is 5.31. The summed E-state index contributed by atoms with van der Waals surface area (Å²) in [6.07, 6.45) is 3.44. The molecule has 1 fully saturated rings. The van der Waals surface area contributed by atoms with E-state index in [0.29, 0.717) is 17.7 Å². The summed E-state index contributed by atoms with van der Waals surface area (Å²) in [6.45, 7) is 1.95. The van der Waals surface area contributed by atoms with Crippen LogP contribution < -0.4 is 5.11 Å². The van der Waals surface area contributed by atoms with Crippen LogP contribution in [0.4, 0.5) is 0 Å². The molecule has 1 amide bonds. The van der Waals surface area contributed by atoms with Crippen LogP contribution in [0.15, 0.2) is 29.2 Å². The van der Waals surface area contributed by atoms with Crippen LogP contribution in [0.1, 0.15) is 31.7 Å². The third-order valence-electron chi connectivity index (χ3n) is 3.43. The fraction of sp³-hybridized carbons (Fsp3) is 0.312. The second-order valence-corrected chi connectivity index (χ2v) is 6.80. The lowest BCUT2D eigenvalue weighted by molar-refractivity contribution is -0.310. The van der Waals surface area contributed by atoms with Crippen molar-refractivity contribution in [2.75, 3.05) is 0 Å². The van der Waals surface area contributed by atoms with Gasteiger partial charge in [0.05, 0.1) is 16.9 Å². The zero-order valence-electron chi connectivity index (χ0n) is 12.5. The largest absolute Gasteiger partial charge is 0.548 e. The summed E-state index contributed by atoms with van der Waals surface area (Å²) in [7, 11) is 0. The van der Waals surface area contributed by atoms with Gasteiger partial charge in [0.25, 0.3) is 5.91 Å². The first-order chi connectivity index (χ1) is 10.9. The number of carboxylic acid groups (broad SMARTS) is 1. The van der Waals surface area contributed by atoms with Crippen molar-refractivity contribution in [3.05, 3.63) is 34.7 Å². The minimum Gasteiger partial charge on any atom is -0.548 e. The number of benzene rings is 1. The van der Waals surface area contributed by atoms with Crippen molar-refractivity contribution >= 4 is 46.3 Å². The number of carbonyl (C=O) groups excluding carboxylic acids is 2. The van der Waals surface area contributed by atoms with Gasteiger partial charge < -0.3 is 15.0 Å². The number of thiocarbonyl (C=S) groups is 1. The molecule has 0 unspecified atom stereocenters. The molecular formula is C16H16NO4S2-. The van der Waals surface area contributed by atoms with Gasteiger partial charge in [-0.25, -0.2) is 0 Å². The summed E-state index contributed by atoms with van der Waals surface area (Å²) in [4.78, 5) is 25.4. The first kappa shape index (κ1) is 17.5. The Kier molecular flexibility index (Phi) is 5.79. The summed E-state index contributed by atoms with van der Waals surface area (Å²) < 4.78 is 0.227. The van der Waals surface area contributed by atoms with Crippen molar-refractivity contribution in [2.45, 2.75) is 32.2 Å². The van der Waals surface area contributed by atoms with E-state index in [2.05, 4.69) is 0 Å². The number of rotatable bonds is 6. The van der Waals surface area contributed by atoms with Crippen molar-refractivity contribution in [1.29, 1.82) is 0 Å². The Morgan fingerprint density at radius 3 is 2.65 bits per heavy atom. The number of carboxylic acids is 1. The average molecular weight is 350 g/mol. The molecule has 0 aliphatic carbocycles. The van der Waals surface area contributed by atoms with E-state index in [1.807, 2.05) is 6.92 Å². The maximum Gasteiger partial charge on any atom is 0.266 e. The lowest BCUT2D eigenvalue weighted by Gasteiger charge is -2.27. The standard InChI is InChI=1S/C16H17NO4S2/c1-2-3-4-12(15(20)21)17-14(19)13(23-16(17)22)9-10-5-7-11(18)8-6-10/h5-9,12,18H,2-4H2,1H3,(H,20,21)/p-1/b13-9-/t12-/m1/s1. The lowest BCUT2D eigenvalue weighted by Crippen LogP contribution is -2.49. The van der Waals surface area contributed by atoms with E-state index >= 15 is 0 Å². The highest BCUT2D eigenvalue weighted by molar-refractivity contribution is 8.26. The SMILES string of the molecule is CCCC[C@H](C(=O)[O-])N1C(=O)/C(=C/c2ccc(O)cc2)SC1=S. The number of amides is 1. The van der Waals surface area contributed by atoms with E-state index in [9.17, 15) is 19.8 Å². The molecule has 1 aromatic rings. The lowest BCUT2D eigenvalue weighted by atomic mass is 10.1. The van der Waals surface area contributed by atoms with Gasteiger partial charge in [-0.05, 0) is 30.2 Å². The number of thioether (sulfide) groups is 1. The third-order valence-corrected chi connectivity index (χ3v) is 4.76. The molecule has 2 rings (SSSR count). The molecule has 0 aromatic heterocycles. The number of unbranched alkanes of at least 4 members (excludes halogenated alkanes) is 1. The van der Waals surface area contributed by atoms with Crippen molar-refractivity contribution in [3.8, 4) is 5.75 Å². The number of hydrogen-bond donors (Lipinski definition) is 1. The van der Waals surface area contributed by atoms with Gasteiger partial charge in [0.15, 0.2) is 0 Å². The highest BCUT2D eigenvalue weighted by atomic mass is 32.2. The Balaban J connectivity index is 2.24. The first-order valence-electron chi connectivity index (χ1n) is 7.21. The second-order valence-electron chi connectivity index (χ2n) is 5.12. The highest BCUT2D eigenvalue weighted by Crippen LogP contribution is 2.35. The summed E-state index contributed by atoms with van der Waals surface area (Å²) >= 11 is 6.25. The Labute approximate surface area is 144 Å². The molecule has 1 aliphatic heterocycles. The number of nitrogens with zero attached hydrogens (tertiary/aromatic N) is 1. The van der Waals surface area contributed by atoms with Crippen molar-refractivity contribution < 1.29 is 19.8 Å². The van der Waals surface area contributed by atoms with E-state index in [0.717, 1.165) is 28.6 Å². The van der Waals surface area contributed by atoms with E-state index in [-0.39, 0.29) is 10.1 Å². The molecule has 122 valence electrons. The Morgan fingerprint density at radius 2 is 2.09 bits per heavy atom. The zero-order chi connectivity index (χ0) is 17.0. The van der Waals surface area contributed by atoms with Crippen LogP contribution in [0.25, 0.3) is 6.08 Å². The fourth-order valence-electron chi connectivity index (χ4n) is 2.22. The monoisotopic (exact) mass is 350 g/mol. The maximum atomic E-state index is 12.5. The molecule has 0 bridgehead atoms. The van der Waals surface area contributed by atoms with Crippen LogP contribution in [0.5, 0.6) is 5.75 Å². The second kappa shape index (κ2) is 7.61. The smallest absolute Gasteiger partial charge is 0.266 e. The normalized spacial score (nSPS) is 17.8. The van der Waals surface area contributed by atoms with Crippen molar-refractivity contribution in [1.82, 2.24) is 4.90 Å². The maximum absolute atomic E-state index is 12.5.